The quantitative estimate of drug-likeness (QED) is 0.846. The highest BCUT2D eigenvalue weighted by molar-refractivity contribution is 8.00. The summed E-state index contributed by atoms with van der Waals surface area (Å²) in [5, 5.41) is 10.5. The molecule has 1 N–H and O–H groups in total. The average molecular weight is 236 g/mol. The van der Waals surface area contributed by atoms with Crippen molar-refractivity contribution < 1.29 is 5.11 Å². The second-order valence-corrected chi connectivity index (χ2v) is 5.84. The summed E-state index contributed by atoms with van der Waals surface area (Å²) in [4.78, 5) is 0. The van der Waals surface area contributed by atoms with Crippen LogP contribution in [-0.4, -0.2) is 22.2 Å². The van der Waals surface area contributed by atoms with Crippen molar-refractivity contribution in [1.82, 2.24) is 0 Å². The summed E-state index contributed by atoms with van der Waals surface area (Å²) in [5.74, 6) is 1.24. The third-order valence-electron chi connectivity index (χ3n) is 3.20. The van der Waals surface area contributed by atoms with Crippen molar-refractivity contribution in [2.75, 3.05) is 5.75 Å². The Labute approximate surface area is 102 Å². The summed E-state index contributed by atoms with van der Waals surface area (Å²) in [6.45, 7) is 0. The first-order chi connectivity index (χ1) is 7.86. The maximum atomic E-state index is 10.0. The van der Waals surface area contributed by atoms with Crippen LogP contribution in [0.25, 0.3) is 0 Å². The van der Waals surface area contributed by atoms with Crippen molar-refractivity contribution in [2.45, 2.75) is 43.5 Å². The highest BCUT2D eigenvalue weighted by atomic mass is 32.2. The predicted molar refractivity (Wildman–Crippen MR) is 70.9 cm³/mol. The van der Waals surface area contributed by atoms with Gasteiger partial charge in [0.05, 0.1) is 6.10 Å². The summed E-state index contributed by atoms with van der Waals surface area (Å²) in [6.07, 6.45) is 5.54. The van der Waals surface area contributed by atoms with Gasteiger partial charge in [-0.3, -0.25) is 0 Å². The van der Waals surface area contributed by atoms with E-state index in [4.69, 9.17) is 0 Å². The van der Waals surface area contributed by atoms with Crippen molar-refractivity contribution in [3.05, 3.63) is 35.9 Å². The largest absolute Gasteiger partial charge is 0.392 e. The molecular formula is C14H20OS. The molecule has 0 aliphatic carbocycles. The van der Waals surface area contributed by atoms with E-state index in [9.17, 15) is 5.11 Å². The van der Waals surface area contributed by atoms with Crippen LogP contribution in [0.4, 0.5) is 0 Å². The van der Waals surface area contributed by atoms with E-state index in [0.29, 0.717) is 5.25 Å². The average Bonchev–Trinajstić information content (AvgIpc) is 2.84. The van der Waals surface area contributed by atoms with Crippen LogP contribution in [-0.2, 0) is 6.42 Å². The van der Waals surface area contributed by atoms with E-state index >= 15 is 0 Å². The molecule has 2 unspecified atom stereocenters. The molecule has 0 amide bonds. The summed E-state index contributed by atoms with van der Waals surface area (Å²) in [7, 11) is 0. The molecule has 1 aromatic rings. The lowest BCUT2D eigenvalue weighted by atomic mass is 10.0. The standard InChI is InChI=1S/C14H20OS/c15-13(14-10-5-11-16-14)9-4-8-12-6-2-1-3-7-12/h1-3,6-7,13-15H,4-5,8-11H2. The number of hydrogen-bond acceptors (Lipinski definition) is 2. The van der Waals surface area contributed by atoms with E-state index in [-0.39, 0.29) is 6.10 Å². The van der Waals surface area contributed by atoms with Crippen molar-refractivity contribution >= 4 is 11.8 Å². The zero-order valence-corrected chi connectivity index (χ0v) is 10.5. The number of aliphatic hydroxyl groups excluding tert-OH is 1. The maximum Gasteiger partial charge on any atom is 0.0658 e. The van der Waals surface area contributed by atoms with Crippen LogP contribution in [0.5, 0.6) is 0 Å². The van der Waals surface area contributed by atoms with Gasteiger partial charge >= 0.3 is 0 Å². The highest BCUT2D eigenvalue weighted by Crippen LogP contribution is 2.30. The Morgan fingerprint density at radius 1 is 1.31 bits per heavy atom. The van der Waals surface area contributed by atoms with Crippen molar-refractivity contribution in [3.63, 3.8) is 0 Å². The molecule has 0 aromatic heterocycles. The predicted octanol–water partition coefficient (Wildman–Crippen LogP) is 3.27. The van der Waals surface area contributed by atoms with Crippen LogP contribution in [0.3, 0.4) is 0 Å². The molecule has 0 bridgehead atoms. The van der Waals surface area contributed by atoms with Gasteiger partial charge in [0.25, 0.3) is 0 Å². The first kappa shape index (κ1) is 12.0. The molecule has 1 aliphatic heterocycles. The second-order valence-electron chi connectivity index (χ2n) is 4.50. The van der Waals surface area contributed by atoms with Crippen LogP contribution in [0.1, 0.15) is 31.2 Å². The van der Waals surface area contributed by atoms with E-state index in [1.807, 2.05) is 17.8 Å². The van der Waals surface area contributed by atoms with Crippen molar-refractivity contribution in [1.29, 1.82) is 0 Å². The number of thioether (sulfide) groups is 1. The summed E-state index contributed by atoms with van der Waals surface area (Å²) in [5.41, 5.74) is 1.38. The normalized spacial score (nSPS) is 22.2. The third-order valence-corrected chi connectivity index (χ3v) is 4.70. The van der Waals surface area contributed by atoms with Crippen molar-refractivity contribution in [3.8, 4) is 0 Å². The molecule has 1 fully saturated rings. The lowest BCUT2D eigenvalue weighted by Gasteiger charge is -2.16. The minimum atomic E-state index is -0.0868. The molecule has 1 saturated heterocycles. The van der Waals surface area contributed by atoms with Crippen LogP contribution in [0.15, 0.2) is 30.3 Å². The van der Waals surface area contributed by atoms with Crippen LogP contribution < -0.4 is 0 Å². The molecule has 16 heavy (non-hydrogen) atoms. The van der Waals surface area contributed by atoms with Crippen molar-refractivity contribution in [2.24, 2.45) is 0 Å². The molecule has 2 rings (SSSR count). The molecule has 1 aliphatic rings. The smallest absolute Gasteiger partial charge is 0.0658 e. The molecule has 88 valence electrons. The van der Waals surface area contributed by atoms with Gasteiger partial charge in [0.15, 0.2) is 0 Å². The fourth-order valence-corrected chi connectivity index (χ4v) is 3.58. The van der Waals surface area contributed by atoms with Gasteiger partial charge in [-0.1, -0.05) is 30.3 Å². The molecule has 1 nitrogen and oxygen atoms in total. The number of hydrogen-bond donors (Lipinski definition) is 1. The Morgan fingerprint density at radius 3 is 2.81 bits per heavy atom. The fourth-order valence-electron chi connectivity index (χ4n) is 2.25. The molecule has 1 aromatic carbocycles. The number of benzene rings is 1. The maximum absolute atomic E-state index is 10.0. The third kappa shape index (κ3) is 3.53. The first-order valence-corrected chi connectivity index (χ1v) is 7.25. The van der Waals surface area contributed by atoms with Crippen LogP contribution in [0.2, 0.25) is 0 Å². The van der Waals surface area contributed by atoms with Crippen LogP contribution >= 0.6 is 11.8 Å². The molecular weight excluding hydrogens is 216 g/mol. The zero-order chi connectivity index (χ0) is 11.2. The molecule has 0 spiro atoms. The molecule has 1 heterocycles. The second kappa shape index (κ2) is 6.31. The van der Waals surface area contributed by atoms with E-state index in [2.05, 4.69) is 24.3 Å². The van der Waals surface area contributed by atoms with Gasteiger partial charge < -0.3 is 5.11 Å². The van der Waals surface area contributed by atoms with Gasteiger partial charge in [-0.05, 0) is 43.4 Å². The molecule has 2 heteroatoms. The van der Waals surface area contributed by atoms with Gasteiger partial charge in [-0.15, -0.1) is 0 Å². The Morgan fingerprint density at radius 2 is 2.12 bits per heavy atom. The Kier molecular flexibility index (Phi) is 4.73. The SMILES string of the molecule is OC(CCCc1ccccc1)C1CCCS1. The number of aliphatic hydroxyl groups is 1. The highest BCUT2D eigenvalue weighted by Gasteiger charge is 2.23. The van der Waals surface area contributed by atoms with E-state index in [0.717, 1.165) is 19.3 Å². The summed E-state index contributed by atoms with van der Waals surface area (Å²) in [6, 6.07) is 10.5. The minimum Gasteiger partial charge on any atom is -0.392 e. The first-order valence-electron chi connectivity index (χ1n) is 6.20. The number of aryl methyl sites for hydroxylation is 1. The summed E-state index contributed by atoms with van der Waals surface area (Å²) < 4.78 is 0. The van der Waals surface area contributed by atoms with Gasteiger partial charge in [0.1, 0.15) is 0 Å². The lowest BCUT2D eigenvalue weighted by Crippen LogP contribution is -2.20. The van der Waals surface area contributed by atoms with Gasteiger partial charge in [-0.25, -0.2) is 0 Å². The monoisotopic (exact) mass is 236 g/mol. The number of rotatable bonds is 5. The summed E-state index contributed by atoms with van der Waals surface area (Å²) >= 11 is 1.95. The minimum absolute atomic E-state index is 0.0868. The van der Waals surface area contributed by atoms with Gasteiger partial charge in [0, 0.05) is 5.25 Å². The lowest BCUT2D eigenvalue weighted by molar-refractivity contribution is 0.157. The van der Waals surface area contributed by atoms with Gasteiger partial charge in [-0.2, -0.15) is 11.8 Å². The van der Waals surface area contributed by atoms with E-state index in [1.165, 1.54) is 24.2 Å². The molecule has 0 radical (unpaired) electrons. The zero-order valence-electron chi connectivity index (χ0n) is 9.64. The van der Waals surface area contributed by atoms with E-state index < -0.39 is 0 Å². The molecule has 0 saturated carbocycles. The topological polar surface area (TPSA) is 20.2 Å². The van der Waals surface area contributed by atoms with E-state index in [1.54, 1.807) is 0 Å². The Hall–Kier alpha value is -0.470. The Bertz CT molecular complexity index is 293. The van der Waals surface area contributed by atoms with Crippen LogP contribution in [0, 0.1) is 0 Å². The van der Waals surface area contributed by atoms with Gasteiger partial charge in [0.2, 0.25) is 0 Å². The molecule has 2 atom stereocenters. The fraction of sp³-hybridized carbons (Fsp3) is 0.571. The Balaban J connectivity index is 1.67.